The van der Waals surface area contributed by atoms with E-state index in [0.717, 1.165) is 16.8 Å². The van der Waals surface area contributed by atoms with Crippen molar-refractivity contribution in [2.24, 2.45) is 5.73 Å². The van der Waals surface area contributed by atoms with Crippen molar-refractivity contribution < 1.29 is 4.79 Å². The summed E-state index contributed by atoms with van der Waals surface area (Å²) >= 11 is 5.02. The molecule has 0 saturated carbocycles. The van der Waals surface area contributed by atoms with Gasteiger partial charge in [-0.2, -0.15) is 0 Å². The van der Waals surface area contributed by atoms with Crippen LogP contribution < -0.4 is 11.1 Å². The Morgan fingerprint density at radius 2 is 2.11 bits per heavy atom. The van der Waals surface area contributed by atoms with E-state index in [1.54, 1.807) is 19.0 Å². The second-order valence-electron chi connectivity index (χ2n) is 4.38. The average molecular weight is 265 g/mol. The highest BCUT2D eigenvalue weighted by molar-refractivity contribution is 7.80. The van der Waals surface area contributed by atoms with E-state index in [1.165, 1.54) is 0 Å². The van der Waals surface area contributed by atoms with Crippen LogP contribution in [0.15, 0.2) is 18.2 Å². The number of anilines is 1. The minimum Gasteiger partial charge on any atom is -0.389 e. The van der Waals surface area contributed by atoms with E-state index < -0.39 is 0 Å². The second kappa shape index (κ2) is 6.35. The molecule has 5 heteroatoms. The van der Waals surface area contributed by atoms with E-state index in [0.29, 0.717) is 18.0 Å². The molecule has 0 unspecified atom stereocenters. The Bertz CT molecular complexity index is 458. The number of benzene rings is 1. The number of hydrogen-bond acceptors (Lipinski definition) is 3. The Kier molecular flexibility index (Phi) is 5.09. The van der Waals surface area contributed by atoms with Gasteiger partial charge in [0.2, 0.25) is 5.91 Å². The maximum absolute atomic E-state index is 11.4. The Hall–Kier alpha value is -1.62. The molecule has 0 bridgehead atoms. The highest BCUT2D eigenvalue weighted by Gasteiger charge is 2.07. The highest BCUT2D eigenvalue weighted by atomic mass is 32.1. The molecule has 98 valence electrons. The summed E-state index contributed by atoms with van der Waals surface area (Å²) in [5.41, 5.74) is 8.48. The van der Waals surface area contributed by atoms with Crippen LogP contribution in [0.25, 0.3) is 0 Å². The van der Waals surface area contributed by atoms with Crippen molar-refractivity contribution in [3.63, 3.8) is 0 Å². The summed E-state index contributed by atoms with van der Waals surface area (Å²) in [5.74, 6) is 0.0893. The zero-order valence-electron chi connectivity index (χ0n) is 11.0. The molecular formula is C13H19N3OS. The lowest BCUT2D eigenvalue weighted by atomic mass is 10.1. The van der Waals surface area contributed by atoms with Crippen LogP contribution in [0.5, 0.6) is 0 Å². The van der Waals surface area contributed by atoms with Gasteiger partial charge in [0.15, 0.2) is 0 Å². The Balaban J connectivity index is 2.68. The fourth-order valence-corrected chi connectivity index (χ4v) is 1.71. The van der Waals surface area contributed by atoms with Crippen molar-refractivity contribution in [3.8, 4) is 0 Å². The number of nitrogens with one attached hydrogen (secondary N) is 1. The zero-order valence-corrected chi connectivity index (χ0v) is 11.8. The molecule has 0 aromatic heterocycles. The van der Waals surface area contributed by atoms with Crippen LogP contribution in [0, 0.1) is 6.92 Å². The summed E-state index contributed by atoms with van der Waals surface area (Å²) in [5, 5.41) is 3.19. The lowest BCUT2D eigenvalue weighted by Gasteiger charge is -2.13. The molecule has 0 saturated heterocycles. The van der Waals surface area contributed by atoms with E-state index in [1.807, 2.05) is 25.1 Å². The van der Waals surface area contributed by atoms with Crippen LogP contribution in [-0.2, 0) is 4.79 Å². The summed E-state index contributed by atoms with van der Waals surface area (Å²) in [6, 6.07) is 5.86. The first-order chi connectivity index (χ1) is 8.41. The number of nitrogens with two attached hydrogens (primary N) is 1. The molecule has 4 nitrogen and oxygen atoms in total. The zero-order chi connectivity index (χ0) is 13.7. The first-order valence-corrected chi connectivity index (χ1v) is 6.17. The summed E-state index contributed by atoms with van der Waals surface area (Å²) in [6.45, 7) is 2.55. The predicted molar refractivity (Wildman–Crippen MR) is 78.9 cm³/mol. The number of thiocarbonyl (C=S) groups is 1. The van der Waals surface area contributed by atoms with Crippen molar-refractivity contribution in [1.29, 1.82) is 0 Å². The van der Waals surface area contributed by atoms with E-state index in [-0.39, 0.29) is 5.91 Å². The third kappa shape index (κ3) is 4.00. The number of hydrogen-bond donors (Lipinski definition) is 2. The van der Waals surface area contributed by atoms with Gasteiger partial charge in [0.05, 0.1) is 0 Å². The monoisotopic (exact) mass is 265 g/mol. The van der Waals surface area contributed by atoms with Crippen LogP contribution >= 0.6 is 12.2 Å². The fraction of sp³-hybridized carbons (Fsp3) is 0.385. The van der Waals surface area contributed by atoms with Gasteiger partial charge >= 0.3 is 0 Å². The third-order valence-corrected chi connectivity index (χ3v) is 2.81. The van der Waals surface area contributed by atoms with E-state index in [9.17, 15) is 4.79 Å². The van der Waals surface area contributed by atoms with Crippen LogP contribution in [0.3, 0.4) is 0 Å². The molecule has 18 heavy (non-hydrogen) atoms. The lowest BCUT2D eigenvalue weighted by molar-refractivity contribution is -0.128. The molecule has 0 aliphatic rings. The van der Waals surface area contributed by atoms with Crippen LogP contribution in [-0.4, -0.2) is 36.4 Å². The molecule has 1 aromatic carbocycles. The van der Waals surface area contributed by atoms with E-state index in [4.69, 9.17) is 18.0 Å². The van der Waals surface area contributed by atoms with Gasteiger partial charge < -0.3 is 16.0 Å². The Labute approximate surface area is 113 Å². The maximum atomic E-state index is 11.4. The van der Waals surface area contributed by atoms with Gasteiger partial charge in [-0.25, -0.2) is 0 Å². The topological polar surface area (TPSA) is 58.4 Å². The normalized spacial score (nSPS) is 9.94. The minimum atomic E-state index is 0.0893. The van der Waals surface area contributed by atoms with Gasteiger partial charge in [-0.15, -0.1) is 0 Å². The van der Waals surface area contributed by atoms with Gasteiger partial charge in [-0.3, -0.25) is 4.79 Å². The number of nitrogens with zero attached hydrogens (tertiary/aromatic N) is 1. The van der Waals surface area contributed by atoms with Crippen molar-refractivity contribution in [2.45, 2.75) is 13.3 Å². The molecule has 1 aromatic rings. The molecule has 1 rings (SSSR count). The van der Waals surface area contributed by atoms with Gasteiger partial charge in [-0.05, 0) is 19.1 Å². The van der Waals surface area contributed by atoms with Crippen LogP contribution in [0.4, 0.5) is 5.69 Å². The minimum absolute atomic E-state index is 0.0893. The van der Waals surface area contributed by atoms with E-state index >= 15 is 0 Å². The summed E-state index contributed by atoms with van der Waals surface area (Å²) in [6.07, 6.45) is 0.442. The van der Waals surface area contributed by atoms with Crippen LogP contribution in [0.1, 0.15) is 17.5 Å². The number of carbonyl (C=O) groups excluding carboxylic acids is 1. The van der Waals surface area contributed by atoms with E-state index in [2.05, 4.69) is 5.32 Å². The average Bonchev–Trinajstić information content (AvgIpc) is 2.30. The summed E-state index contributed by atoms with van der Waals surface area (Å²) in [7, 11) is 3.49. The van der Waals surface area contributed by atoms with Crippen molar-refractivity contribution in [2.75, 3.05) is 26.0 Å². The SMILES string of the molecule is Cc1ccc(NCCC(=O)N(C)C)c(C(N)=S)c1. The lowest BCUT2D eigenvalue weighted by Crippen LogP contribution is -2.24. The maximum Gasteiger partial charge on any atom is 0.223 e. The Morgan fingerprint density at radius 3 is 2.67 bits per heavy atom. The van der Waals surface area contributed by atoms with Gasteiger partial charge in [0.25, 0.3) is 0 Å². The molecule has 0 aliphatic carbocycles. The molecule has 0 fully saturated rings. The fourth-order valence-electron chi connectivity index (χ4n) is 1.54. The number of aryl methyl sites for hydroxylation is 1. The molecule has 0 spiro atoms. The first-order valence-electron chi connectivity index (χ1n) is 5.76. The van der Waals surface area contributed by atoms with Crippen LogP contribution in [0.2, 0.25) is 0 Å². The van der Waals surface area contributed by atoms with Crippen molar-refractivity contribution in [1.82, 2.24) is 4.90 Å². The standard InChI is InChI=1S/C13H19N3OS/c1-9-4-5-11(10(8-9)13(14)18)15-7-6-12(17)16(2)3/h4-5,8,15H,6-7H2,1-3H3,(H2,14,18). The number of amides is 1. The summed E-state index contributed by atoms with van der Waals surface area (Å²) in [4.78, 5) is 13.4. The first kappa shape index (κ1) is 14.4. The van der Waals surface area contributed by atoms with Gasteiger partial charge in [0.1, 0.15) is 4.99 Å². The number of rotatable bonds is 5. The molecular weight excluding hydrogens is 246 g/mol. The third-order valence-electron chi connectivity index (χ3n) is 2.59. The Morgan fingerprint density at radius 1 is 1.44 bits per heavy atom. The van der Waals surface area contributed by atoms with Gasteiger partial charge in [-0.1, -0.05) is 23.8 Å². The molecule has 0 radical (unpaired) electrons. The predicted octanol–water partition coefficient (Wildman–Crippen LogP) is 1.52. The molecule has 0 heterocycles. The smallest absolute Gasteiger partial charge is 0.223 e. The quantitative estimate of drug-likeness (QED) is 0.793. The van der Waals surface area contributed by atoms with Gasteiger partial charge in [0, 0.05) is 38.3 Å². The largest absolute Gasteiger partial charge is 0.389 e. The summed E-state index contributed by atoms with van der Waals surface area (Å²) < 4.78 is 0. The molecule has 0 aliphatic heterocycles. The van der Waals surface area contributed by atoms with Crippen molar-refractivity contribution in [3.05, 3.63) is 29.3 Å². The molecule has 3 N–H and O–H groups in total. The molecule has 1 amide bonds. The highest BCUT2D eigenvalue weighted by Crippen LogP contribution is 2.17. The number of carbonyl (C=O) groups is 1. The second-order valence-corrected chi connectivity index (χ2v) is 4.82. The van der Waals surface area contributed by atoms with Crippen molar-refractivity contribution >= 4 is 28.8 Å². The molecule has 0 atom stereocenters.